The van der Waals surface area contributed by atoms with Crippen LogP contribution in [0.1, 0.15) is 25.0 Å². The van der Waals surface area contributed by atoms with Crippen molar-refractivity contribution < 1.29 is 0 Å². The quantitative estimate of drug-likeness (QED) is 0.642. The Morgan fingerprint density at radius 1 is 1.00 bits per heavy atom. The number of aryl methyl sites for hydroxylation is 2. The smallest absolute Gasteiger partial charge is 0.305 e. The van der Waals surface area contributed by atoms with E-state index < -0.39 is 11.1 Å². The number of rotatable bonds is 3. The van der Waals surface area contributed by atoms with E-state index in [-0.39, 0.29) is 0 Å². The molecule has 110 valence electrons. The maximum atomic E-state index is 12.3. The molecule has 4 nitrogen and oxygen atoms in total. The summed E-state index contributed by atoms with van der Waals surface area (Å²) in [7, 11) is 0. The van der Waals surface area contributed by atoms with Crippen molar-refractivity contribution in [3.8, 4) is 5.69 Å². The summed E-state index contributed by atoms with van der Waals surface area (Å²) < 4.78 is 2.83. The Hall–Kier alpha value is -2.36. The summed E-state index contributed by atoms with van der Waals surface area (Å²) in [6, 6.07) is 5.83. The minimum absolute atomic E-state index is 0.421. The molecule has 0 fully saturated rings. The zero-order valence-corrected chi connectivity index (χ0v) is 12.9. The maximum Gasteiger partial charge on any atom is 0.320 e. The molecule has 0 aliphatic carbocycles. The standard InChI is InChI=1S/C17H20N2O2/c1-12(2)5-6-18-7-8-19(17(21)16(18)20)15-10-13(3)9-14(4)11-15/h5,7-11H,6H2,1-4H3. The van der Waals surface area contributed by atoms with Crippen molar-refractivity contribution in [2.24, 2.45) is 0 Å². The fourth-order valence-electron chi connectivity index (χ4n) is 2.23. The van der Waals surface area contributed by atoms with Crippen LogP contribution in [0.15, 0.2) is 51.8 Å². The van der Waals surface area contributed by atoms with Crippen LogP contribution in [0, 0.1) is 13.8 Å². The molecular formula is C17H20N2O2. The number of hydrogen-bond acceptors (Lipinski definition) is 2. The lowest BCUT2D eigenvalue weighted by Crippen LogP contribution is -2.39. The molecule has 0 aliphatic heterocycles. The Bertz CT molecular complexity index is 786. The van der Waals surface area contributed by atoms with Crippen molar-refractivity contribution in [2.45, 2.75) is 34.2 Å². The van der Waals surface area contributed by atoms with Gasteiger partial charge in [0.15, 0.2) is 0 Å². The molecule has 2 aromatic rings. The summed E-state index contributed by atoms with van der Waals surface area (Å²) in [5, 5.41) is 0. The van der Waals surface area contributed by atoms with Crippen LogP contribution in [0.2, 0.25) is 0 Å². The predicted octanol–water partition coefficient (Wildman–Crippen LogP) is 2.58. The van der Waals surface area contributed by atoms with Gasteiger partial charge in [0.1, 0.15) is 0 Å². The van der Waals surface area contributed by atoms with Crippen LogP contribution in [-0.2, 0) is 6.54 Å². The van der Waals surface area contributed by atoms with Gasteiger partial charge in [-0.15, -0.1) is 0 Å². The monoisotopic (exact) mass is 284 g/mol. The topological polar surface area (TPSA) is 44.0 Å². The van der Waals surface area contributed by atoms with Crippen LogP contribution in [0.5, 0.6) is 0 Å². The highest BCUT2D eigenvalue weighted by molar-refractivity contribution is 5.39. The van der Waals surface area contributed by atoms with Gasteiger partial charge in [0.25, 0.3) is 0 Å². The predicted molar refractivity (Wildman–Crippen MR) is 85.2 cm³/mol. The normalized spacial score (nSPS) is 10.5. The molecule has 0 spiro atoms. The minimum Gasteiger partial charge on any atom is -0.305 e. The lowest BCUT2D eigenvalue weighted by atomic mass is 10.1. The van der Waals surface area contributed by atoms with Gasteiger partial charge in [-0.1, -0.05) is 17.7 Å². The van der Waals surface area contributed by atoms with E-state index in [2.05, 4.69) is 0 Å². The highest BCUT2D eigenvalue weighted by Crippen LogP contribution is 2.11. The van der Waals surface area contributed by atoms with Gasteiger partial charge >= 0.3 is 11.1 Å². The summed E-state index contributed by atoms with van der Waals surface area (Å²) in [6.45, 7) is 8.28. The molecule has 0 amide bonds. The molecule has 1 aromatic carbocycles. The molecular weight excluding hydrogens is 264 g/mol. The number of nitrogens with zero attached hydrogens (tertiary/aromatic N) is 2. The summed E-state index contributed by atoms with van der Waals surface area (Å²) in [6.07, 6.45) is 5.22. The molecule has 4 heteroatoms. The van der Waals surface area contributed by atoms with Crippen LogP contribution in [-0.4, -0.2) is 9.13 Å². The molecule has 1 aromatic heterocycles. The first-order valence-corrected chi connectivity index (χ1v) is 6.92. The van der Waals surface area contributed by atoms with Crippen molar-refractivity contribution in [3.63, 3.8) is 0 Å². The van der Waals surface area contributed by atoms with Gasteiger partial charge in [-0.2, -0.15) is 0 Å². The molecule has 0 N–H and O–H groups in total. The second kappa shape index (κ2) is 5.95. The van der Waals surface area contributed by atoms with Crippen LogP contribution in [0.4, 0.5) is 0 Å². The van der Waals surface area contributed by atoms with Gasteiger partial charge in [0, 0.05) is 24.6 Å². The second-order valence-corrected chi connectivity index (χ2v) is 5.56. The second-order valence-electron chi connectivity index (χ2n) is 5.56. The van der Waals surface area contributed by atoms with E-state index in [4.69, 9.17) is 0 Å². The van der Waals surface area contributed by atoms with Gasteiger partial charge in [-0.3, -0.25) is 14.2 Å². The molecule has 21 heavy (non-hydrogen) atoms. The summed E-state index contributed by atoms with van der Waals surface area (Å²) in [5.74, 6) is 0. The van der Waals surface area contributed by atoms with Crippen molar-refractivity contribution in [3.05, 3.63) is 74.1 Å². The minimum atomic E-state index is -0.523. The van der Waals surface area contributed by atoms with Crippen molar-refractivity contribution >= 4 is 0 Å². The van der Waals surface area contributed by atoms with Gasteiger partial charge < -0.3 is 4.57 Å². The van der Waals surface area contributed by atoms with E-state index in [1.54, 1.807) is 12.4 Å². The Kier molecular flexibility index (Phi) is 4.26. The molecule has 0 atom stereocenters. The van der Waals surface area contributed by atoms with Crippen LogP contribution < -0.4 is 11.1 Å². The largest absolute Gasteiger partial charge is 0.320 e. The summed E-state index contributed by atoms with van der Waals surface area (Å²) in [5.41, 5.74) is 2.93. The average Bonchev–Trinajstić information content (AvgIpc) is 2.39. The highest BCUT2D eigenvalue weighted by atomic mass is 16.2. The Labute approximate surface area is 124 Å². The first-order valence-electron chi connectivity index (χ1n) is 6.92. The van der Waals surface area contributed by atoms with Gasteiger partial charge in [0.2, 0.25) is 0 Å². The fraction of sp³-hybridized carbons (Fsp3) is 0.294. The Morgan fingerprint density at radius 2 is 1.62 bits per heavy atom. The first kappa shape index (κ1) is 15.0. The highest BCUT2D eigenvalue weighted by Gasteiger charge is 2.06. The third kappa shape index (κ3) is 3.40. The van der Waals surface area contributed by atoms with E-state index in [0.29, 0.717) is 6.54 Å². The average molecular weight is 284 g/mol. The number of hydrogen-bond donors (Lipinski definition) is 0. The van der Waals surface area contributed by atoms with Gasteiger partial charge in [-0.05, 0) is 51.0 Å². The molecule has 0 unspecified atom stereocenters. The Balaban J connectivity index is 2.53. The van der Waals surface area contributed by atoms with E-state index in [9.17, 15) is 9.59 Å². The zero-order valence-electron chi connectivity index (χ0n) is 12.9. The van der Waals surface area contributed by atoms with Gasteiger partial charge in [0.05, 0.1) is 0 Å². The van der Waals surface area contributed by atoms with Crippen molar-refractivity contribution in [1.82, 2.24) is 9.13 Å². The number of benzene rings is 1. The first-order chi connectivity index (χ1) is 9.88. The summed E-state index contributed by atoms with van der Waals surface area (Å²) >= 11 is 0. The van der Waals surface area contributed by atoms with Crippen LogP contribution >= 0.6 is 0 Å². The molecule has 0 saturated heterocycles. The van der Waals surface area contributed by atoms with Crippen LogP contribution in [0.3, 0.4) is 0 Å². The Morgan fingerprint density at radius 3 is 2.19 bits per heavy atom. The lowest BCUT2D eigenvalue weighted by molar-refractivity contribution is 0.729. The van der Waals surface area contributed by atoms with E-state index in [1.807, 2.05) is 52.0 Å². The number of allylic oxidation sites excluding steroid dienone is 2. The zero-order chi connectivity index (χ0) is 15.6. The molecule has 0 saturated carbocycles. The fourth-order valence-corrected chi connectivity index (χ4v) is 2.23. The molecule has 0 aliphatic rings. The van der Waals surface area contributed by atoms with E-state index in [1.165, 1.54) is 9.13 Å². The van der Waals surface area contributed by atoms with Crippen molar-refractivity contribution in [2.75, 3.05) is 0 Å². The molecule has 0 radical (unpaired) electrons. The summed E-state index contributed by atoms with van der Waals surface area (Å²) in [4.78, 5) is 24.4. The molecule has 2 rings (SSSR count). The van der Waals surface area contributed by atoms with Crippen LogP contribution in [0.25, 0.3) is 5.69 Å². The SMILES string of the molecule is CC(C)=CCn1ccn(-c2cc(C)cc(C)c2)c(=O)c1=O. The van der Waals surface area contributed by atoms with E-state index >= 15 is 0 Å². The number of aromatic nitrogens is 2. The van der Waals surface area contributed by atoms with Gasteiger partial charge in [-0.25, -0.2) is 0 Å². The molecule has 1 heterocycles. The van der Waals surface area contributed by atoms with Crippen molar-refractivity contribution in [1.29, 1.82) is 0 Å². The third-order valence-corrected chi connectivity index (χ3v) is 3.24. The molecule has 0 bridgehead atoms. The lowest BCUT2D eigenvalue weighted by Gasteiger charge is -2.09. The third-order valence-electron chi connectivity index (χ3n) is 3.24. The maximum absolute atomic E-state index is 12.3. The van der Waals surface area contributed by atoms with E-state index in [0.717, 1.165) is 22.4 Å².